The zero-order valence-electron chi connectivity index (χ0n) is 10.9. The maximum atomic E-state index is 12.6. The highest BCUT2D eigenvalue weighted by molar-refractivity contribution is 8.00. The average molecular weight is 275 g/mol. The predicted octanol–water partition coefficient (Wildman–Crippen LogP) is 2.53. The molecule has 1 atom stereocenters. The second-order valence-electron chi connectivity index (χ2n) is 4.77. The molecule has 0 aliphatic carbocycles. The molecule has 1 fully saturated rings. The lowest BCUT2D eigenvalue weighted by molar-refractivity contribution is 0.0757. The molecule has 1 aliphatic rings. The van der Waals surface area contributed by atoms with E-state index in [2.05, 4.69) is 17.1 Å². The van der Waals surface area contributed by atoms with Crippen LogP contribution in [0.1, 0.15) is 23.8 Å². The number of nitrogens with zero attached hydrogens (tertiary/aromatic N) is 2. The third kappa shape index (κ3) is 2.34. The Hall–Kier alpha value is -1.49. The van der Waals surface area contributed by atoms with Gasteiger partial charge in [-0.05, 0) is 12.5 Å². The summed E-state index contributed by atoms with van der Waals surface area (Å²) in [6.45, 7) is 3.83. The summed E-state index contributed by atoms with van der Waals surface area (Å²) in [5, 5.41) is 8.60. The Morgan fingerprint density at radius 3 is 3.21 bits per heavy atom. The Labute approximate surface area is 116 Å². The van der Waals surface area contributed by atoms with E-state index in [0.29, 0.717) is 10.9 Å². The van der Waals surface area contributed by atoms with Gasteiger partial charge >= 0.3 is 0 Å². The van der Waals surface area contributed by atoms with Crippen LogP contribution in [0.25, 0.3) is 10.9 Å². The van der Waals surface area contributed by atoms with E-state index in [1.165, 1.54) is 0 Å². The molecule has 1 aliphatic heterocycles. The zero-order valence-corrected chi connectivity index (χ0v) is 11.7. The van der Waals surface area contributed by atoms with Crippen LogP contribution in [0.2, 0.25) is 0 Å². The Morgan fingerprint density at radius 2 is 2.37 bits per heavy atom. The fraction of sp³-hybridized carbons (Fsp3) is 0.429. The summed E-state index contributed by atoms with van der Waals surface area (Å²) < 4.78 is 0. The van der Waals surface area contributed by atoms with Gasteiger partial charge in [0.15, 0.2) is 5.69 Å². The van der Waals surface area contributed by atoms with Crippen LogP contribution in [0.15, 0.2) is 24.3 Å². The van der Waals surface area contributed by atoms with Gasteiger partial charge in [0, 0.05) is 29.5 Å². The molecule has 0 bridgehead atoms. The molecule has 1 unspecified atom stereocenters. The van der Waals surface area contributed by atoms with Crippen molar-refractivity contribution in [2.75, 3.05) is 18.8 Å². The minimum Gasteiger partial charge on any atom is -0.335 e. The first-order chi connectivity index (χ1) is 9.29. The number of aromatic amines is 1. The molecule has 1 saturated heterocycles. The van der Waals surface area contributed by atoms with E-state index in [9.17, 15) is 4.79 Å². The maximum Gasteiger partial charge on any atom is 0.275 e. The number of thioether (sulfide) groups is 1. The van der Waals surface area contributed by atoms with Crippen molar-refractivity contribution >= 4 is 28.6 Å². The van der Waals surface area contributed by atoms with Crippen molar-refractivity contribution in [3.63, 3.8) is 0 Å². The largest absolute Gasteiger partial charge is 0.335 e. The van der Waals surface area contributed by atoms with Gasteiger partial charge in [-0.3, -0.25) is 9.89 Å². The minimum atomic E-state index is 0.0520. The Morgan fingerprint density at radius 1 is 1.53 bits per heavy atom. The van der Waals surface area contributed by atoms with Gasteiger partial charge in [0.25, 0.3) is 5.91 Å². The molecular formula is C14H17N3OS. The number of aromatic nitrogens is 2. The summed E-state index contributed by atoms with van der Waals surface area (Å²) >= 11 is 1.96. The van der Waals surface area contributed by atoms with Gasteiger partial charge in [-0.1, -0.05) is 25.1 Å². The van der Waals surface area contributed by atoms with Crippen LogP contribution in [0.4, 0.5) is 0 Å². The molecule has 0 spiro atoms. The van der Waals surface area contributed by atoms with E-state index >= 15 is 0 Å². The molecule has 0 saturated carbocycles. The smallest absolute Gasteiger partial charge is 0.275 e. The lowest BCUT2D eigenvalue weighted by Crippen LogP contribution is -2.41. The summed E-state index contributed by atoms with van der Waals surface area (Å²) in [7, 11) is 0. The summed E-state index contributed by atoms with van der Waals surface area (Å²) in [6, 6.07) is 7.77. The van der Waals surface area contributed by atoms with Crippen molar-refractivity contribution in [2.45, 2.75) is 18.6 Å². The highest BCUT2D eigenvalue weighted by atomic mass is 32.2. The molecule has 1 amide bonds. The maximum absolute atomic E-state index is 12.6. The molecule has 0 radical (unpaired) electrons. The molecule has 4 nitrogen and oxygen atoms in total. The van der Waals surface area contributed by atoms with Crippen molar-refractivity contribution in [3.8, 4) is 0 Å². The monoisotopic (exact) mass is 275 g/mol. The third-order valence-corrected chi connectivity index (χ3v) is 4.93. The van der Waals surface area contributed by atoms with Crippen molar-refractivity contribution in [1.82, 2.24) is 15.1 Å². The Balaban J connectivity index is 1.87. The van der Waals surface area contributed by atoms with Crippen LogP contribution in [0.3, 0.4) is 0 Å². The molecule has 19 heavy (non-hydrogen) atoms. The van der Waals surface area contributed by atoms with E-state index in [4.69, 9.17) is 0 Å². The fourth-order valence-corrected chi connectivity index (χ4v) is 3.61. The first-order valence-electron chi connectivity index (χ1n) is 6.63. The first kappa shape index (κ1) is 12.5. The lowest BCUT2D eigenvalue weighted by atomic mass is 10.2. The van der Waals surface area contributed by atoms with Crippen LogP contribution in [0.5, 0.6) is 0 Å². The number of carbonyl (C=O) groups is 1. The van der Waals surface area contributed by atoms with Crippen molar-refractivity contribution in [2.24, 2.45) is 0 Å². The summed E-state index contributed by atoms with van der Waals surface area (Å²) in [4.78, 5) is 14.5. The third-order valence-electron chi connectivity index (χ3n) is 3.55. The molecular weight excluding hydrogens is 258 g/mol. The number of amides is 1. The summed E-state index contributed by atoms with van der Waals surface area (Å²) in [5.41, 5.74) is 1.47. The van der Waals surface area contributed by atoms with Crippen LogP contribution in [-0.2, 0) is 0 Å². The average Bonchev–Trinajstić information content (AvgIpc) is 2.90. The van der Waals surface area contributed by atoms with Crippen LogP contribution < -0.4 is 0 Å². The first-order valence-corrected chi connectivity index (χ1v) is 7.68. The molecule has 100 valence electrons. The highest BCUT2D eigenvalue weighted by Crippen LogP contribution is 2.24. The van der Waals surface area contributed by atoms with Gasteiger partial charge in [-0.25, -0.2) is 0 Å². The SMILES string of the molecule is CCC1CN(C(=O)c2n[nH]c3ccccc23)CCS1. The number of fused-ring (bicyclic) bond motifs is 1. The van der Waals surface area contributed by atoms with Crippen LogP contribution in [-0.4, -0.2) is 45.1 Å². The van der Waals surface area contributed by atoms with E-state index in [0.717, 1.165) is 36.2 Å². The summed E-state index contributed by atoms with van der Waals surface area (Å²) in [5.74, 6) is 1.07. The molecule has 2 aromatic rings. The second-order valence-corrected chi connectivity index (χ2v) is 6.18. The number of nitrogens with one attached hydrogen (secondary N) is 1. The van der Waals surface area contributed by atoms with Crippen molar-refractivity contribution in [3.05, 3.63) is 30.0 Å². The van der Waals surface area contributed by atoms with E-state index in [1.807, 2.05) is 40.9 Å². The van der Waals surface area contributed by atoms with E-state index in [1.54, 1.807) is 0 Å². The number of hydrogen-bond acceptors (Lipinski definition) is 3. The summed E-state index contributed by atoms with van der Waals surface area (Å²) in [6.07, 6.45) is 1.11. The van der Waals surface area contributed by atoms with Gasteiger partial charge < -0.3 is 4.90 Å². The van der Waals surface area contributed by atoms with Gasteiger partial charge in [-0.2, -0.15) is 16.9 Å². The normalized spacial score (nSPS) is 19.8. The number of rotatable bonds is 2. The van der Waals surface area contributed by atoms with Crippen molar-refractivity contribution in [1.29, 1.82) is 0 Å². The van der Waals surface area contributed by atoms with Gasteiger partial charge in [0.1, 0.15) is 0 Å². The predicted molar refractivity (Wildman–Crippen MR) is 78.5 cm³/mol. The molecule has 1 aromatic carbocycles. The fourth-order valence-electron chi connectivity index (χ4n) is 2.43. The van der Waals surface area contributed by atoms with Crippen molar-refractivity contribution < 1.29 is 4.79 Å². The standard InChI is InChI=1S/C14H17N3OS/c1-2-10-9-17(7-8-19-10)14(18)13-11-5-3-4-6-12(11)15-16-13/h3-6,10H,2,7-9H2,1H3,(H,15,16). The van der Waals surface area contributed by atoms with E-state index in [-0.39, 0.29) is 5.91 Å². The quantitative estimate of drug-likeness (QED) is 0.916. The molecule has 1 N–H and O–H groups in total. The number of para-hydroxylation sites is 1. The number of benzene rings is 1. The molecule has 5 heteroatoms. The topological polar surface area (TPSA) is 49.0 Å². The van der Waals surface area contributed by atoms with E-state index < -0.39 is 0 Å². The van der Waals surface area contributed by atoms with Gasteiger partial charge in [-0.15, -0.1) is 0 Å². The highest BCUT2D eigenvalue weighted by Gasteiger charge is 2.26. The Kier molecular flexibility index (Phi) is 3.46. The van der Waals surface area contributed by atoms with Gasteiger partial charge in [0.05, 0.1) is 5.52 Å². The Bertz CT molecular complexity index is 595. The molecule has 2 heterocycles. The van der Waals surface area contributed by atoms with Crippen LogP contribution in [0, 0.1) is 0 Å². The zero-order chi connectivity index (χ0) is 13.2. The number of hydrogen-bond donors (Lipinski definition) is 1. The van der Waals surface area contributed by atoms with Gasteiger partial charge in [0.2, 0.25) is 0 Å². The number of H-pyrrole nitrogens is 1. The molecule has 1 aromatic heterocycles. The minimum absolute atomic E-state index is 0.0520. The number of carbonyl (C=O) groups excluding carboxylic acids is 1. The van der Waals surface area contributed by atoms with Crippen LogP contribution >= 0.6 is 11.8 Å². The molecule has 3 rings (SSSR count). The second kappa shape index (κ2) is 5.25. The lowest BCUT2D eigenvalue weighted by Gasteiger charge is -2.31.